The molecular formula is C10H17NO. The summed E-state index contributed by atoms with van der Waals surface area (Å²) < 4.78 is 0. The van der Waals surface area contributed by atoms with E-state index in [0.717, 1.165) is 18.4 Å². The highest BCUT2D eigenvalue weighted by Crippen LogP contribution is 2.44. The number of hydrogen-bond donors (Lipinski definition) is 1. The van der Waals surface area contributed by atoms with Gasteiger partial charge >= 0.3 is 0 Å². The fourth-order valence-electron chi connectivity index (χ4n) is 3.65. The summed E-state index contributed by atoms with van der Waals surface area (Å²) in [5, 5.41) is 9.86. The van der Waals surface area contributed by atoms with Crippen molar-refractivity contribution in [3.05, 3.63) is 0 Å². The summed E-state index contributed by atoms with van der Waals surface area (Å²) in [6, 6.07) is 1.39. The Bertz CT molecular complexity index is 194. The molecule has 68 valence electrons. The van der Waals surface area contributed by atoms with Gasteiger partial charge in [0.1, 0.15) is 0 Å². The van der Waals surface area contributed by atoms with Crippen molar-refractivity contribution >= 4 is 0 Å². The smallest absolute Gasteiger partial charge is 0.0698 e. The molecule has 0 amide bonds. The van der Waals surface area contributed by atoms with Crippen LogP contribution in [0, 0.1) is 5.92 Å². The molecule has 3 heterocycles. The lowest BCUT2D eigenvalue weighted by molar-refractivity contribution is -0.0129. The number of piperidine rings is 2. The van der Waals surface area contributed by atoms with Crippen LogP contribution in [0.3, 0.4) is 0 Å². The lowest BCUT2D eigenvalue weighted by atomic mass is 9.88. The highest BCUT2D eigenvalue weighted by molar-refractivity contribution is 5.03. The molecular weight excluding hydrogens is 150 g/mol. The third-order valence-electron chi connectivity index (χ3n) is 4.09. The van der Waals surface area contributed by atoms with Gasteiger partial charge < -0.3 is 5.11 Å². The first-order valence-corrected chi connectivity index (χ1v) is 5.30. The van der Waals surface area contributed by atoms with Crippen molar-refractivity contribution in [1.82, 2.24) is 4.90 Å². The molecule has 5 atom stereocenters. The highest BCUT2D eigenvalue weighted by Gasteiger charge is 2.49. The third-order valence-corrected chi connectivity index (χ3v) is 4.09. The van der Waals surface area contributed by atoms with E-state index in [1.54, 1.807) is 0 Å². The van der Waals surface area contributed by atoms with Gasteiger partial charge in [-0.2, -0.15) is 0 Å². The summed E-state index contributed by atoms with van der Waals surface area (Å²) in [7, 11) is 0. The number of nitrogens with zero attached hydrogens (tertiary/aromatic N) is 1. The fourth-order valence-corrected chi connectivity index (χ4v) is 3.65. The van der Waals surface area contributed by atoms with Crippen LogP contribution in [0.2, 0.25) is 0 Å². The Balaban J connectivity index is 1.92. The van der Waals surface area contributed by atoms with Gasteiger partial charge in [0.15, 0.2) is 0 Å². The van der Waals surface area contributed by atoms with E-state index in [2.05, 4.69) is 4.90 Å². The van der Waals surface area contributed by atoms with Crippen molar-refractivity contribution in [3.8, 4) is 0 Å². The predicted octanol–water partition coefficient (Wildman–Crippen LogP) is 0.994. The van der Waals surface area contributed by atoms with Gasteiger partial charge in [-0.15, -0.1) is 0 Å². The van der Waals surface area contributed by atoms with Crippen LogP contribution in [0.1, 0.15) is 32.1 Å². The van der Waals surface area contributed by atoms with Crippen molar-refractivity contribution in [3.63, 3.8) is 0 Å². The first-order valence-electron chi connectivity index (χ1n) is 5.30. The van der Waals surface area contributed by atoms with Gasteiger partial charge in [0.05, 0.1) is 6.10 Å². The van der Waals surface area contributed by atoms with E-state index >= 15 is 0 Å². The standard InChI is InChI=1S/C10H17NO/c12-9-4-3-8-6-7-2-1-5-11(8)10(7)9/h7-10,12H,1-6H2/t7-,8+,9-,10-/m1/s1. The normalized spacial score (nSPS) is 57.2. The molecule has 0 radical (unpaired) electrons. The van der Waals surface area contributed by atoms with Gasteiger partial charge in [0.25, 0.3) is 0 Å². The number of aliphatic hydroxyl groups is 1. The second kappa shape index (κ2) is 2.46. The quantitative estimate of drug-likeness (QED) is 0.581. The average molecular weight is 167 g/mol. The van der Waals surface area contributed by atoms with Crippen molar-refractivity contribution in [2.75, 3.05) is 6.54 Å². The highest BCUT2D eigenvalue weighted by atomic mass is 16.3. The molecule has 1 unspecified atom stereocenters. The number of rotatable bonds is 0. The molecule has 4 bridgehead atoms. The van der Waals surface area contributed by atoms with E-state index < -0.39 is 0 Å². The molecule has 3 saturated heterocycles. The summed E-state index contributed by atoms with van der Waals surface area (Å²) in [5.41, 5.74) is 0. The molecule has 3 aliphatic rings. The summed E-state index contributed by atoms with van der Waals surface area (Å²) >= 11 is 0. The molecule has 3 rings (SSSR count). The van der Waals surface area contributed by atoms with Crippen molar-refractivity contribution in [1.29, 1.82) is 0 Å². The van der Waals surface area contributed by atoms with Crippen LogP contribution >= 0.6 is 0 Å². The summed E-state index contributed by atoms with van der Waals surface area (Å²) in [6.45, 7) is 1.25. The first kappa shape index (κ1) is 7.34. The van der Waals surface area contributed by atoms with Gasteiger partial charge in [0, 0.05) is 12.1 Å². The molecule has 1 N–H and O–H groups in total. The average Bonchev–Trinajstić information content (AvgIpc) is 2.24. The number of hydrogen-bond acceptors (Lipinski definition) is 2. The van der Waals surface area contributed by atoms with E-state index in [1.165, 1.54) is 32.2 Å². The van der Waals surface area contributed by atoms with Crippen LogP contribution in [0.25, 0.3) is 0 Å². The van der Waals surface area contributed by atoms with Crippen LogP contribution in [0.4, 0.5) is 0 Å². The van der Waals surface area contributed by atoms with E-state index in [1.807, 2.05) is 0 Å². The largest absolute Gasteiger partial charge is 0.391 e. The Morgan fingerprint density at radius 2 is 2.08 bits per heavy atom. The molecule has 0 aromatic carbocycles. The van der Waals surface area contributed by atoms with Crippen molar-refractivity contribution in [2.45, 2.75) is 50.3 Å². The Morgan fingerprint density at radius 3 is 2.92 bits per heavy atom. The van der Waals surface area contributed by atoms with Crippen molar-refractivity contribution in [2.24, 2.45) is 5.92 Å². The molecule has 0 aromatic heterocycles. The summed E-state index contributed by atoms with van der Waals surface area (Å²) in [6.07, 6.45) is 6.41. The van der Waals surface area contributed by atoms with Crippen LogP contribution in [0.5, 0.6) is 0 Å². The monoisotopic (exact) mass is 167 g/mol. The maximum atomic E-state index is 9.86. The Labute approximate surface area is 73.6 Å². The van der Waals surface area contributed by atoms with Gasteiger partial charge in [-0.3, -0.25) is 4.90 Å². The molecule has 3 fully saturated rings. The van der Waals surface area contributed by atoms with E-state index in [0.29, 0.717) is 6.04 Å². The molecule has 0 saturated carbocycles. The van der Waals surface area contributed by atoms with Crippen LogP contribution in [-0.2, 0) is 0 Å². The fraction of sp³-hybridized carbons (Fsp3) is 1.00. The Morgan fingerprint density at radius 1 is 1.17 bits per heavy atom. The van der Waals surface area contributed by atoms with Crippen molar-refractivity contribution < 1.29 is 5.11 Å². The third kappa shape index (κ3) is 0.826. The first-order chi connectivity index (χ1) is 5.86. The number of aliphatic hydroxyl groups excluding tert-OH is 1. The second-order valence-electron chi connectivity index (χ2n) is 4.66. The van der Waals surface area contributed by atoms with Gasteiger partial charge in [0.2, 0.25) is 0 Å². The summed E-state index contributed by atoms with van der Waals surface area (Å²) in [4.78, 5) is 2.59. The lowest BCUT2D eigenvalue weighted by Gasteiger charge is -2.41. The van der Waals surface area contributed by atoms with Gasteiger partial charge in [-0.05, 0) is 44.6 Å². The Hall–Kier alpha value is -0.0800. The van der Waals surface area contributed by atoms with E-state index in [4.69, 9.17) is 0 Å². The minimum atomic E-state index is -0.00551. The second-order valence-corrected chi connectivity index (χ2v) is 4.66. The molecule has 0 spiro atoms. The minimum absolute atomic E-state index is 0.00551. The van der Waals surface area contributed by atoms with Crippen LogP contribution in [-0.4, -0.2) is 34.7 Å². The van der Waals surface area contributed by atoms with Crippen LogP contribution < -0.4 is 0 Å². The topological polar surface area (TPSA) is 23.5 Å². The molecule has 0 aliphatic carbocycles. The van der Waals surface area contributed by atoms with Gasteiger partial charge in [-0.1, -0.05) is 0 Å². The summed E-state index contributed by atoms with van der Waals surface area (Å²) in [5.74, 6) is 0.834. The van der Waals surface area contributed by atoms with Crippen LogP contribution in [0.15, 0.2) is 0 Å². The molecule has 0 aromatic rings. The molecule has 12 heavy (non-hydrogen) atoms. The maximum Gasteiger partial charge on any atom is 0.0698 e. The van der Waals surface area contributed by atoms with Gasteiger partial charge in [-0.25, -0.2) is 0 Å². The lowest BCUT2D eigenvalue weighted by Crippen LogP contribution is -2.51. The minimum Gasteiger partial charge on any atom is -0.391 e. The SMILES string of the molecule is O[C@@H]1CC[C@H]2C[C@H]3CCCN2[C@H]31. The molecule has 3 aliphatic heterocycles. The maximum absolute atomic E-state index is 9.86. The molecule has 2 heteroatoms. The zero-order valence-corrected chi connectivity index (χ0v) is 7.45. The zero-order chi connectivity index (χ0) is 8.13. The predicted molar refractivity (Wildman–Crippen MR) is 46.9 cm³/mol. The zero-order valence-electron chi connectivity index (χ0n) is 7.45. The molecule has 2 nitrogen and oxygen atoms in total. The van der Waals surface area contributed by atoms with E-state index in [9.17, 15) is 5.11 Å². The Kier molecular flexibility index (Phi) is 1.50. The van der Waals surface area contributed by atoms with E-state index in [-0.39, 0.29) is 6.10 Å².